The molecule has 0 fully saturated rings. The van der Waals surface area contributed by atoms with Crippen molar-refractivity contribution in [3.63, 3.8) is 0 Å². The number of hydrogen-bond donors (Lipinski definition) is 1. The second-order valence-electron chi connectivity index (χ2n) is 5.31. The van der Waals surface area contributed by atoms with Gasteiger partial charge >= 0.3 is 0 Å². The summed E-state index contributed by atoms with van der Waals surface area (Å²) in [6.45, 7) is 4.67. The summed E-state index contributed by atoms with van der Waals surface area (Å²) in [7, 11) is 0. The zero-order chi connectivity index (χ0) is 16.9. The fourth-order valence-corrected chi connectivity index (χ4v) is 2.72. The lowest BCUT2D eigenvalue weighted by Gasteiger charge is -2.08. The Morgan fingerprint density at radius 2 is 1.79 bits per heavy atom. The van der Waals surface area contributed by atoms with Gasteiger partial charge in [-0.15, -0.1) is 6.58 Å². The van der Waals surface area contributed by atoms with Crippen LogP contribution in [0.25, 0.3) is 5.69 Å². The highest BCUT2D eigenvalue weighted by Crippen LogP contribution is 2.21. The third kappa shape index (κ3) is 3.41. The number of hydrogen-bond acceptors (Lipinski definition) is 3. The highest BCUT2D eigenvalue weighted by atomic mass is 32.1. The molecule has 1 heterocycles. The molecule has 0 amide bonds. The van der Waals surface area contributed by atoms with Gasteiger partial charge in [0.1, 0.15) is 12.4 Å². The standard InChI is InChI=1S/C19H18N2O2S/c1-2-12-20-18(22)13-21(19(20)24)16-8-10-17(11-9-16)23-14-15-6-4-3-5-7-15/h2-11,13,22H,1,12,14H2. The van der Waals surface area contributed by atoms with Gasteiger partial charge in [-0.2, -0.15) is 0 Å². The molecule has 0 saturated heterocycles. The molecule has 0 spiro atoms. The predicted molar refractivity (Wildman–Crippen MR) is 97.2 cm³/mol. The van der Waals surface area contributed by atoms with E-state index in [1.807, 2.05) is 54.6 Å². The smallest absolute Gasteiger partial charge is 0.210 e. The van der Waals surface area contributed by atoms with Crippen LogP contribution in [0.3, 0.4) is 0 Å². The maximum Gasteiger partial charge on any atom is 0.210 e. The molecule has 122 valence electrons. The SMILES string of the molecule is C=CCn1c(O)cn(-c2ccc(OCc3ccccc3)cc2)c1=S. The van der Waals surface area contributed by atoms with E-state index in [4.69, 9.17) is 17.0 Å². The summed E-state index contributed by atoms with van der Waals surface area (Å²) >= 11 is 5.40. The van der Waals surface area contributed by atoms with Crippen LogP contribution in [0.4, 0.5) is 0 Å². The second kappa shape index (κ2) is 7.19. The molecule has 1 aromatic heterocycles. The molecule has 5 heteroatoms. The van der Waals surface area contributed by atoms with Crippen LogP contribution >= 0.6 is 12.2 Å². The maximum absolute atomic E-state index is 9.97. The normalized spacial score (nSPS) is 10.5. The average molecular weight is 338 g/mol. The number of benzene rings is 2. The number of aromatic nitrogens is 2. The first kappa shape index (κ1) is 16.1. The van der Waals surface area contributed by atoms with E-state index >= 15 is 0 Å². The van der Waals surface area contributed by atoms with Crippen LogP contribution in [-0.4, -0.2) is 14.2 Å². The monoisotopic (exact) mass is 338 g/mol. The summed E-state index contributed by atoms with van der Waals surface area (Å²) in [6, 6.07) is 17.6. The van der Waals surface area contributed by atoms with E-state index < -0.39 is 0 Å². The largest absolute Gasteiger partial charge is 0.493 e. The quantitative estimate of drug-likeness (QED) is 0.532. The van der Waals surface area contributed by atoms with Crippen LogP contribution in [0.15, 0.2) is 73.4 Å². The number of allylic oxidation sites excluding steroid dienone is 1. The molecule has 0 unspecified atom stereocenters. The van der Waals surface area contributed by atoms with Crippen LogP contribution in [0, 0.1) is 4.77 Å². The summed E-state index contributed by atoms with van der Waals surface area (Å²) in [6.07, 6.45) is 3.30. The highest BCUT2D eigenvalue weighted by molar-refractivity contribution is 7.71. The van der Waals surface area contributed by atoms with E-state index in [2.05, 4.69) is 6.58 Å². The number of aromatic hydroxyl groups is 1. The highest BCUT2D eigenvalue weighted by Gasteiger charge is 2.08. The van der Waals surface area contributed by atoms with E-state index in [0.717, 1.165) is 17.0 Å². The van der Waals surface area contributed by atoms with Crippen LogP contribution in [0.1, 0.15) is 5.56 Å². The molecule has 3 rings (SSSR count). The van der Waals surface area contributed by atoms with Crippen LogP contribution in [0.5, 0.6) is 11.6 Å². The fourth-order valence-electron chi connectivity index (χ4n) is 2.40. The molecule has 0 radical (unpaired) electrons. The van der Waals surface area contributed by atoms with E-state index in [1.165, 1.54) is 0 Å². The topological polar surface area (TPSA) is 39.3 Å². The molecule has 24 heavy (non-hydrogen) atoms. The number of nitrogens with zero attached hydrogens (tertiary/aromatic N) is 2. The lowest BCUT2D eigenvalue weighted by molar-refractivity contribution is 0.306. The molecule has 0 saturated carbocycles. The molecule has 2 aromatic carbocycles. The van der Waals surface area contributed by atoms with Crippen LogP contribution in [0.2, 0.25) is 0 Å². The number of imidazole rings is 1. The van der Waals surface area contributed by atoms with Gasteiger partial charge in [-0.1, -0.05) is 36.4 Å². The minimum Gasteiger partial charge on any atom is -0.493 e. The van der Waals surface area contributed by atoms with Crippen molar-refractivity contribution in [1.82, 2.24) is 9.13 Å². The van der Waals surface area contributed by atoms with E-state index in [9.17, 15) is 5.11 Å². The molecule has 0 bridgehead atoms. The maximum atomic E-state index is 9.97. The Bertz CT molecular complexity index is 880. The third-order valence-electron chi connectivity index (χ3n) is 3.63. The first-order valence-electron chi connectivity index (χ1n) is 7.58. The van der Waals surface area contributed by atoms with E-state index in [0.29, 0.717) is 17.9 Å². The van der Waals surface area contributed by atoms with Crippen LogP contribution in [-0.2, 0) is 13.2 Å². The summed E-state index contributed by atoms with van der Waals surface area (Å²) in [4.78, 5) is 0. The van der Waals surface area contributed by atoms with Crippen molar-refractivity contribution in [3.05, 3.63) is 83.8 Å². The van der Waals surface area contributed by atoms with Crippen molar-refractivity contribution in [3.8, 4) is 17.3 Å². The van der Waals surface area contributed by atoms with Gasteiger partial charge in [0.25, 0.3) is 0 Å². The second-order valence-corrected chi connectivity index (χ2v) is 5.67. The van der Waals surface area contributed by atoms with E-state index in [1.54, 1.807) is 21.4 Å². The Morgan fingerprint density at radius 1 is 1.08 bits per heavy atom. The van der Waals surface area contributed by atoms with Gasteiger partial charge in [-0.05, 0) is 42.0 Å². The molecule has 0 atom stereocenters. The Hall–Kier alpha value is -2.79. The van der Waals surface area contributed by atoms with Crippen molar-refractivity contribution in [2.45, 2.75) is 13.2 Å². The minimum atomic E-state index is 0.115. The Morgan fingerprint density at radius 3 is 2.46 bits per heavy atom. The Balaban J connectivity index is 1.76. The molecule has 0 aliphatic rings. The minimum absolute atomic E-state index is 0.115. The van der Waals surface area contributed by atoms with Gasteiger partial charge in [0.15, 0.2) is 4.77 Å². The van der Waals surface area contributed by atoms with Gasteiger partial charge in [0.2, 0.25) is 5.88 Å². The average Bonchev–Trinajstić information content (AvgIpc) is 2.90. The van der Waals surface area contributed by atoms with Gasteiger partial charge in [0, 0.05) is 12.2 Å². The zero-order valence-corrected chi connectivity index (χ0v) is 13.9. The first-order valence-corrected chi connectivity index (χ1v) is 7.99. The number of rotatable bonds is 6. The van der Waals surface area contributed by atoms with Crippen molar-refractivity contribution >= 4 is 12.2 Å². The van der Waals surface area contributed by atoms with Gasteiger partial charge < -0.3 is 9.84 Å². The van der Waals surface area contributed by atoms with Gasteiger partial charge in [0.05, 0.1) is 6.20 Å². The molecule has 0 aliphatic carbocycles. The van der Waals surface area contributed by atoms with Crippen molar-refractivity contribution < 1.29 is 9.84 Å². The predicted octanol–water partition coefficient (Wildman–Crippen LogP) is 4.48. The zero-order valence-electron chi connectivity index (χ0n) is 13.1. The molecule has 1 N–H and O–H groups in total. The summed E-state index contributed by atoms with van der Waals surface area (Å²) in [5, 5.41) is 9.97. The summed E-state index contributed by atoms with van der Waals surface area (Å²) in [5.74, 6) is 0.896. The first-order chi connectivity index (χ1) is 11.7. The fraction of sp³-hybridized carbons (Fsp3) is 0.105. The molecule has 3 aromatic rings. The third-order valence-corrected chi connectivity index (χ3v) is 4.05. The summed E-state index contributed by atoms with van der Waals surface area (Å²) in [5.41, 5.74) is 1.99. The van der Waals surface area contributed by atoms with Gasteiger partial charge in [-0.3, -0.25) is 9.13 Å². The molecular formula is C19H18N2O2S. The number of ether oxygens (including phenoxy) is 1. The lowest BCUT2D eigenvalue weighted by atomic mass is 10.2. The molecular weight excluding hydrogens is 320 g/mol. The Labute approximate surface area is 145 Å². The van der Waals surface area contributed by atoms with Crippen molar-refractivity contribution in [1.29, 1.82) is 0 Å². The molecule has 4 nitrogen and oxygen atoms in total. The molecule has 0 aliphatic heterocycles. The van der Waals surface area contributed by atoms with Gasteiger partial charge in [-0.25, -0.2) is 0 Å². The Kier molecular flexibility index (Phi) is 4.82. The van der Waals surface area contributed by atoms with E-state index in [-0.39, 0.29) is 5.88 Å². The van der Waals surface area contributed by atoms with Crippen molar-refractivity contribution in [2.75, 3.05) is 0 Å². The van der Waals surface area contributed by atoms with Crippen LogP contribution < -0.4 is 4.74 Å². The van der Waals surface area contributed by atoms with Crippen molar-refractivity contribution in [2.24, 2.45) is 0 Å². The summed E-state index contributed by atoms with van der Waals surface area (Å²) < 4.78 is 9.67. The lowest BCUT2D eigenvalue weighted by Crippen LogP contribution is -1.99.